The van der Waals surface area contributed by atoms with Gasteiger partial charge < -0.3 is 20.5 Å². The van der Waals surface area contributed by atoms with Crippen LogP contribution in [0.25, 0.3) is 0 Å². The summed E-state index contributed by atoms with van der Waals surface area (Å²) < 4.78 is 5.35. The minimum atomic E-state index is 0.0490. The largest absolute Gasteiger partial charge is 0.503 e. The summed E-state index contributed by atoms with van der Waals surface area (Å²) >= 11 is 0. The van der Waals surface area contributed by atoms with Gasteiger partial charge in [0.1, 0.15) is 0 Å². The Bertz CT molecular complexity index is 353. The monoisotopic (exact) mass is 224 g/mol. The van der Waals surface area contributed by atoms with Gasteiger partial charge in [-0.1, -0.05) is 0 Å². The summed E-state index contributed by atoms with van der Waals surface area (Å²) in [6.45, 7) is 1.51. The summed E-state index contributed by atoms with van der Waals surface area (Å²) in [5, 5.41) is 15.4. The van der Waals surface area contributed by atoms with Crippen LogP contribution < -0.4 is 10.6 Å². The normalized spacial score (nSPS) is 20.4. The molecule has 88 valence electrons. The Labute approximate surface area is 94.1 Å². The molecule has 0 aliphatic carbocycles. The van der Waals surface area contributed by atoms with E-state index in [2.05, 4.69) is 20.6 Å². The van der Waals surface area contributed by atoms with E-state index in [1.54, 1.807) is 7.05 Å². The van der Waals surface area contributed by atoms with Crippen LogP contribution in [0.1, 0.15) is 12.8 Å². The highest BCUT2D eigenvalue weighted by atomic mass is 16.5. The van der Waals surface area contributed by atoms with E-state index in [-0.39, 0.29) is 11.8 Å². The first-order valence-corrected chi connectivity index (χ1v) is 5.37. The van der Waals surface area contributed by atoms with E-state index in [9.17, 15) is 5.11 Å². The first kappa shape index (κ1) is 10.9. The first-order valence-electron chi connectivity index (χ1n) is 5.37. The molecule has 0 aromatic carbocycles. The maximum absolute atomic E-state index is 9.40. The topological polar surface area (TPSA) is 79.3 Å². The van der Waals surface area contributed by atoms with Gasteiger partial charge in [0.25, 0.3) is 0 Å². The third-order valence-electron chi connectivity index (χ3n) is 2.50. The van der Waals surface area contributed by atoms with E-state index in [1.165, 1.54) is 6.20 Å². The summed E-state index contributed by atoms with van der Waals surface area (Å²) in [6, 6.07) is 0.253. The SMILES string of the molecule is CNc1nc(NC2CCCOC2)ncc1O. The van der Waals surface area contributed by atoms with Crippen molar-refractivity contribution in [2.45, 2.75) is 18.9 Å². The number of hydrogen-bond acceptors (Lipinski definition) is 6. The fraction of sp³-hybridized carbons (Fsp3) is 0.600. The minimum Gasteiger partial charge on any atom is -0.503 e. The molecule has 3 N–H and O–H groups in total. The van der Waals surface area contributed by atoms with Crippen molar-refractivity contribution in [1.82, 2.24) is 9.97 Å². The van der Waals surface area contributed by atoms with Gasteiger partial charge in [0, 0.05) is 13.7 Å². The van der Waals surface area contributed by atoms with Crippen molar-refractivity contribution in [3.8, 4) is 5.75 Å². The fourth-order valence-electron chi connectivity index (χ4n) is 1.67. The van der Waals surface area contributed by atoms with Crippen molar-refractivity contribution < 1.29 is 9.84 Å². The fourth-order valence-corrected chi connectivity index (χ4v) is 1.67. The molecule has 0 radical (unpaired) electrons. The number of nitrogens with zero attached hydrogens (tertiary/aromatic N) is 2. The van der Waals surface area contributed by atoms with Crippen molar-refractivity contribution >= 4 is 11.8 Å². The van der Waals surface area contributed by atoms with E-state index in [0.29, 0.717) is 18.4 Å². The summed E-state index contributed by atoms with van der Waals surface area (Å²) in [7, 11) is 1.70. The average molecular weight is 224 g/mol. The maximum Gasteiger partial charge on any atom is 0.225 e. The standard InChI is InChI=1S/C10H16N4O2/c1-11-9-8(15)5-12-10(14-9)13-7-3-2-4-16-6-7/h5,7,15H,2-4,6H2,1H3,(H2,11,12,13,14). The van der Waals surface area contributed by atoms with Crippen LogP contribution >= 0.6 is 0 Å². The number of ether oxygens (including phenoxy) is 1. The molecule has 1 atom stereocenters. The summed E-state index contributed by atoms with van der Waals surface area (Å²) in [6.07, 6.45) is 3.48. The molecule has 1 saturated heterocycles. The second kappa shape index (κ2) is 4.98. The zero-order valence-corrected chi connectivity index (χ0v) is 9.23. The molecule has 1 aromatic rings. The zero-order valence-electron chi connectivity index (χ0n) is 9.23. The summed E-state index contributed by atoms with van der Waals surface area (Å²) in [4.78, 5) is 8.16. The lowest BCUT2D eigenvalue weighted by atomic mass is 10.1. The zero-order chi connectivity index (χ0) is 11.4. The molecule has 0 spiro atoms. The average Bonchev–Trinajstić information content (AvgIpc) is 2.33. The van der Waals surface area contributed by atoms with Crippen molar-refractivity contribution in [1.29, 1.82) is 0 Å². The Kier molecular flexibility index (Phi) is 3.40. The molecule has 0 bridgehead atoms. The van der Waals surface area contributed by atoms with Gasteiger partial charge in [-0.05, 0) is 12.8 Å². The van der Waals surface area contributed by atoms with E-state index in [0.717, 1.165) is 19.4 Å². The van der Waals surface area contributed by atoms with Gasteiger partial charge in [-0.2, -0.15) is 4.98 Å². The second-order valence-electron chi connectivity index (χ2n) is 3.74. The smallest absolute Gasteiger partial charge is 0.225 e. The Balaban J connectivity index is 2.03. The Hall–Kier alpha value is -1.56. The van der Waals surface area contributed by atoms with E-state index in [1.807, 2.05) is 0 Å². The number of anilines is 2. The van der Waals surface area contributed by atoms with Crippen LogP contribution in [-0.2, 0) is 4.74 Å². The van der Waals surface area contributed by atoms with Crippen LogP contribution in [-0.4, -0.2) is 41.4 Å². The van der Waals surface area contributed by atoms with Crippen molar-refractivity contribution in [2.75, 3.05) is 30.9 Å². The number of aromatic hydroxyl groups is 1. The number of nitrogens with one attached hydrogen (secondary N) is 2. The second-order valence-corrected chi connectivity index (χ2v) is 3.74. The highest BCUT2D eigenvalue weighted by Crippen LogP contribution is 2.20. The third kappa shape index (κ3) is 2.52. The van der Waals surface area contributed by atoms with Gasteiger partial charge in [0.2, 0.25) is 5.95 Å². The van der Waals surface area contributed by atoms with Crippen LogP contribution in [0.4, 0.5) is 11.8 Å². The Morgan fingerprint density at radius 2 is 2.44 bits per heavy atom. The molecule has 1 aliphatic rings. The van der Waals surface area contributed by atoms with E-state index >= 15 is 0 Å². The van der Waals surface area contributed by atoms with Gasteiger partial charge in [0.05, 0.1) is 18.8 Å². The molecule has 2 rings (SSSR count). The molecule has 6 nitrogen and oxygen atoms in total. The summed E-state index contributed by atoms with van der Waals surface area (Å²) in [5.41, 5.74) is 0. The Morgan fingerprint density at radius 1 is 1.56 bits per heavy atom. The van der Waals surface area contributed by atoms with Crippen LogP contribution in [0.2, 0.25) is 0 Å². The molecule has 0 amide bonds. The molecule has 6 heteroatoms. The van der Waals surface area contributed by atoms with Crippen molar-refractivity contribution in [2.24, 2.45) is 0 Å². The number of aromatic nitrogens is 2. The van der Waals surface area contributed by atoms with Crippen LogP contribution in [0.3, 0.4) is 0 Å². The van der Waals surface area contributed by atoms with Gasteiger partial charge in [-0.15, -0.1) is 0 Å². The Morgan fingerprint density at radius 3 is 3.12 bits per heavy atom. The molecule has 1 aromatic heterocycles. The van der Waals surface area contributed by atoms with Crippen molar-refractivity contribution in [3.05, 3.63) is 6.20 Å². The van der Waals surface area contributed by atoms with Crippen LogP contribution in [0.15, 0.2) is 6.20 Å². The molecule has 1 unspecified atom stereocenters. The lowest BCUT2D eigenvalue weighted by molar-refractivity contribution is 0.0874. The molecular weight excluding hydrogens is 208 g/mol. The molecule has 1 aliphatic heterocycles. The lowest BCUT2D eigenvalue weighted by Gasteiger charge is -2.23. The third-order valence-corrected chi connectivity index (χ3v) is 2.50. The van der Waals surface area contributed by atoms with Gasteiger partial charge in [-0.3, -0.25) is 0 Å². The van der Waals surface area contributed by atoms with E-state index < -0.39 is 0 Å². The first-order chi connectivity index (χ1) is 7.79. The van der Waals surface area contributed by atoms with Crippen molar-refractivity contribution in [3.63, 3.8) is 0 Å². The molecule has 1 fully saturated rings. The van der Waals surface area contributed by atoms with Gasteiger partial charge in [0.15, 0.2) is 11.6 Å². The molecule has 16 heavy (non-hydrogen) atoms. The number of rotatable bonds is 3. The molecular formula is C10H16N4O2. The number of hydrogen-bond donors (Lipinski definition) is 3. The van der Waals surface area contributed by atoms with Gasteiger partial charge >= 0.3 is 0 Å². The lowest BCUT2D eigenvalue weighted by Crippen LogP contribution is -2.30. The highest BCUT2D eigenvalue weighted by Gasteiger charge is 2.15. The predicted octanol–water partition coefficient (Wildman–Crippen LogP) is 0.815. The predicted molar refractivity (Wildman–Crippen MR) is 60.7 cm³/mol. The maximum atomic E-state index is 9.40. The highest BCUT2D eigenvalue weighted by molar-refractivity contribution is 5.50. The molecule has 2 heterocycles. The summed E-state index contributed by atoms with van der Waals surface area (Å²) in [5.74, 6) is 0.986. The quantitative estimate of drug-likeness (QED) is 0.705. The minimum absolute atomic E-state index is 0.0490. The van der Waals surface area contributed by atoms with E-state index in [4.69, 9.17) is 4.74 Å². The molecule has 0 saturated carbocycles. The van der Waals surface area contributed by atoms with Gasteiger partial charge in [-0.25, -0.2) is 4.98 Å². The van der Waals surface area contributed by atoms with Crippen LogP contribution in [0, 0.1) is 0 Å². The van der Waals surface area contributed by atoms with Crippen LogP contribution in [0.5, 0.6) is 5.75 Å².